The number of rotatable bonds is 2. The molecule has 0 saturated carbocycles. The first-order valence-corrected chi connectivity index (χ1v) is 6.73. The van der Waals surface area contributed by atoms with Gasteiger partial charge in [0.15, 0.2) is 5.65 Å². The molecule has 0 saturated heterocycles. The van der Waals surface area contributed by atoms with Crippen molar-refractivity contribution in [3.8, 4) is 17.0 Å². The van der Waals surface area contributed by atoms with Crippen molar-refractivity contribution in [2.24, 2.45) is 0 Å². The minimum Gasteiger partial charge on any atom is -0.497 e. The topological polar surface area (TPSA) is 50.8 Å². The molecule has 0 aliphatic heterocycles. The van der Waals surface area contributed by atoms with Crippen molar-refractivity contribution in [3.63, 3.8) is 0 Å². The Balaban J connectivity index is 1.98. The summed E-state index contributed by atoms with van der Waals surface area (Å²) in [5.74, 6) is 0.799. The molecule has 0 fully saturated rings. The number of benzene rings is 2. The molecule has 2 heterocycles. The number of aromatic nitrogens is 3. The van der Waals surface area contributed by atoms with Gasteiger partial charge in [-0.1, -0.05) is 30.3 Å². The van der Waals surface area contributed by atoms with Gasteiger partial charge in [0.2, 0.25) is 0 Å². The lowest BCUT2D eigenvalue weighted by Gasteiger charge is -2.03. The normalized spacial score (nSPS) is 11.1. The van der Waals surface area contributed by atoms with Gasteiger partial charge >= 0.3 is 0 Å². The summed E-state index contributed by atoms with van der Waals surface area (Å²) in [5, 5.41) is 9.51. The molecule has 21 heavy (non-hydrogen) atoms. The van der Waals surface area contributed by atoms with E-state index in [2.05, 4.69) is 33.4 Å². The molecule has 0 unspecified atom stereocenters. The average Bonchev–Trinajstić information content (AvgIpc) is 2.95. The molecule has 4 heteroatoms. The Kier molecular flexibility index (Phi) is 2.60. The zero-order valence-corrected chi connectivity index (χ0v) is 11.5. The minimum absolute atomic E-state index is 0.717. The van der Waals surface area contributed by atoms with Crippen molar-refractivity contribution in [3.05, 3.63) is 54.6 Å². The van der Waals surface area contributed by atoms with Crippen molar-refractivity contribution >= 4 is 21.9 Å². The second-order valence-corrected chi connectivity index (χ2v) is 4.88. The zero-order valence-electron chi connectivity index (χ0n) is 11.5. The number of methoxy groups -OCH3 is 1. The van der Waals surface area contributed by atoms with Crippen molar-refractivity contribution in [2.75, 3.05) is 7.11 Å². The Bertz CT molecular complexity index is 929. The lowest BCUT2D eigenvalue weighted by molar-refractivity contribution is 0.415. The molecule has 2 aromatic carbocycles. The molecule has 1 N–H and O–H groups in total. The van der Waals surface area contributed by atoms with Crippen LogP contribution in [-0.2, 0) is 0 Å². The van der Waals surface area contributed by atoms with E-state index in [1.807, 2.05) is 36.4 Å². The molecule has 0 atom stereocenters. The highest BCUT2D eigenvalue weighted by molar-refractivity contribution is 5.98. The summed E-state index contributed by atoms with van der Waals surface area (Å²) < 4.78 is 5.24. The lowest BCUT2D eigenvalue weighted by Crippen LogP contribution is -1.85. The molecule has 0 amide bonds. The summed E-state index contributed by atoms with van der Waals surface area (Å²) in [4.78, 5) is 4.61. The summed E-state index contributed by atoms with van der Waals surface area (Å²) in [6.07, 6.45) is 0. The maximum Gasteiger partial charge on any atom is 0.182 e. The fourth-order valence-electron chi connectivity index (χ4n) is 2.53. The van der Waals surface area contributed by atoms with Gasteiger partial charge < -0.3 is 4.74 Å². The van der Waals surface area contributed by atoms with Crippen LogP contribution in [0.2, 0.25) is 0 Å². The van der Waals surface area contributed by atoms with Gasteiger partial charge in [-0.15, -0.1) is 0 Å². The molecule has 2 aromatic heterocycles. The molecule has 4 aromatic rings. The van der Waals surface area contributed by atoms with Crippen molar-refractivity contribution in [2.45, 2.75) is 0 Å². The summed E-state index contributed by atoms with van der Waals surface area (Å²) in [6, 6.07) is 18.1. The Morgan fingerprint density at radius 3 is 2.67 bits per heavy atom. The van der Waals surface area contributed by atoms with Crippen LogP contribution in [0, 0.1) is 0 Å². The predicted molar refractivity (Wildman–Crippen MR) is 83.4 cm³/mol. The third-order valence-corrected chi connectivity index (χ3v) is 3.61. The minimum atomic E-state index is 0.717. The molecule has 4 rings (SSSR count). The largest absolute Gasteiger partial charge is 0.497 e. The summed E-state index contributed by atoms with van der Waals surface area (Å²) in [6.45, 7) is 0. The lowest BCUT2D eigenvalue weighted by atomic mass is 10.1. The van der Waals surface area contributed by atoms with Gasteiger partial charge in [-0.2, -0.15) is 5.10 Å². The predicted octanol–water partition coefficient (Wildman–Crippen LogP) is 3.79. The van der Waals surface area contributed by atoms with Crippen molar-refractivity contribution in [1.29, 1.82) is 0 Å². The van der Waals surface area contributed by atoms with E-state index in [-0.39, 0.29) is 0 Å². The quantitative estimate of drug-likeness (QED) is 0.605. The summed E-state index contributed by atoms with van der Waals surface area (Å²) >= 11 is 0. The van der Waals surface area contributed by atoms with Crippen molar-refractivity contribution in [1.82, 2.24) is 15.2 Å². The van der Waals surface area contributed by atoms with E-state index in [9.17, 15) is 0 Å². The Morgan fingerprint density at radius 1 is 1.00 bits per heavy atom. The second-order valence-electron chi connectivity index (χ2n) is 4.88. The highest BCUT2D eigenvalue weighted by atomic mass is 16.5. The molecular weight excluding hydrogens is 262 g/mol. The van der Waals surface area contributed by atoms with Crippen LogP contribution >= 0.6 is 0 Å². The first kappa shape index (κ1) is 11.9. The molecule has 0 aliphatic rings. The van der Waals surface area contributed by atoms with Crippen LogP contribution < -0.4 is 4.74 Å². The number of nitrogens with one attached hydrogen (secondary N) is 1. The van der Waals surface area contributed by atoms with Crippen LogP contribution in [0.1, 0.15) is 0 Å². The smallest absolute Gasteiger partial charge is 0.182 e. The number of pyridine rings is 1. The number of ether oxygens (including phenoxy) is 1. The maximum absolute atomic E-state index is 5.24. The fourth-order valence-corrected chi connectivity index (χ4v) is 2.53. The van der Waals surface area contributed by atoms with Crippen LogP contribution in [-0.4, -0.2) is 22.3 Å². The SMILES string of the molecule is COc1ccc2cc3c(-c4ccccc4)[nH]nc3nc2c1. The Hall–Kier alpha value is -2.88. The van der Waals surface area contributed by atoms with Gasteiger partial charge in [0.1, 0.15) is 5.75 Å². The van der Waals surface area contributed by atoms with Crippen LogP contribution in [0.4, 0.5) is 0 Å². The fraction of sp³-hybridized carbons (Fsp3) is 0.0588. The van der Waals surface area contributed by atoms with E-state index in [1.165, 1.54) is 0 Å². The van der Waals surface area contributed by atoms with Gasteiger partial charge in [0, 0.05) is 22.4 Å². The van der Waals surface area contributed by atoms with E-state index in [0.29, 0.717) is 0 Å². The molecule has 0 spiro atoms. The van der Waals surface area contributed by atoms with E-state index >= 15 is 0 Å². The van der Waals surface area contributed by atoms with Gasteiger partial charge in [-0.3, -0.25) is 5.10 Å². The maximum atomic E-state index is 5.24. The highest BCUT2D eigenvalue weighted by Crippen LogP contribution is 2.29. The van der Waals surface area contributed by atoms with Crippen LogP contribution in [0.3, 0.4) is 0 Å². The Morgan fingerprint density at radius 2 is 1.86 bits per heavy atom. The Labute approximate surface area is 121 Å². The standard InChI is InChI=1S/C17H13N3O/c1-21-13-8-7-12-9-14-16(11-5-3-2-4-6-11)19-20-17(14)18-15(12)10-13/h2-10H,1H3,(H,18,19,20). The number of nitrogens with zero attached hydrogens (tertiary/aromatic N) is 2. The first-order valence-electron chi connectivity index (χ1n) is 6.73. The third-order valence-electron chi connectivity index (χ3n) is 3.61. The molecule has 0 radical (unpaired) electrons. The number of H-pyrrole nitrogens is 1. The van der Waals surface area contributed by atoms with Crippen LogP contribution in [0.15, 0.2) is 54.6 Å². The zero-order chi connectivity index (χ0) is 14.2. The first-order chi connectivity index (χ1) is 10.3. The van der Waals surface area contributed by atoms with Gasteiger partial charge in [-0.25, -0.2) is 4.98 Å². The second kappa shape index (κ2) is 4.59. The monoisotopic (exact) mass is 275 g/mol. The van der Waals surface area contributed by atoms with Crippen LogP contribution in [0.25, 0.3) is 33.2 Å². The third kappa shape index (κ3) is 1.92. The molecule has 0 bridgehead atoms. The van der Waals surface area contributed by atoms with Crippen LogP contribution in [0.5, 0.6) is 5.75 Å². The highest BCUT2D eigenvalue weighted by Gasteiger charge is 2.10. The number of hydrogen-bond donors (Lipinski definition) is 1. The molecular formula is C17H13N3O. The number of aromatic amines is 1. The summed E-state index contributed by atoms with van der Waals surface area (Å²) in [5.41, 5.74) is 3.70. The molecule has 102 valence electrons. The average molecular weight is 275 g/mol. The number of hydrogen-bond acceptors (Lipinski definition) is 3. The van der Waals surface area contributed by atoms with Gasteiger partial charge in [-0.05, 0) is 18.2 Å². The van der Waals surface area contributed by atoms with Gasteiger partial charge in [0.05, 0.1) is 18.3 Å². The number of fused-ring (bicyclic) bond motifs is 2. The van der Waals surface area contributed by atoms with E-state index in [4.69, 9.17) is 4.74 Å². The molecule has 0 aliphatic carbocycles. The van der Waals surface area contributed by atoms with E-state index < -0.39 is 0 Å². The van der Waals surface area contributed by atoms with E-state index in [0.717, 1.165) is 38.9 Å². The molecule has 4 nitrogen and oxygen atoms in total. The van der Waals surface area contributed by atoms with Gasteiger partial charge in [0.25, 0.3) is 0 Å². The summed E-state index contributed by atoms with van der Waals surface area (Å²) in [7, 11) is 1.65. The van der Waals surface area contributed by atoms with Crippen molar-refractivity contribution < 1.29 is 4.74 Å². The van der Waals surface area contributed by atoms with E-state index in [1.54, 1.807) is 7.11 Å².